The summed E-state index contributed by atoms with van der Waals surface area (Å²) in [6.07, 6.45) is 1.76. The number of rotatable bonds is 7. The number of aryl methyl sites for hydroxylation is 1. The lowest BCUT2D eigenvalue weighted by Crippen LogP contribution is -2.14. The SMILES string of the molecule is CCNCCCc1nnc(Cc2ccc(F)cc2F)o1. The van der Waals surface area contributed by atoms with Gasteiger partial charge in [0.25, 0.3) is 0 Å². The summed E-state index contributed by atoms with van der Waals surface area (Å²) in [4.78, 5) is 0. The molecule has 2 aromatic rings. The van der Waals surface area contributed by atoms with Crippen LogP contribution in [-0.2, 0) is 12.8 Å². The quantitative estimate of drug-likeness (QED) is 0.792. The van der Waals surface area contributed by atoms with E-state index in [0.29, 0.717) is 23.8 Å². The first-order chi connectivity index (χ1) is 9.69. The van der Waals surface area contributed by atoms with E-state index in [1.807, 2.05) is 6.92 Å². The van der Waals surface area contributed by atoms with Crippen molar-refractivity contribution in [3.05, 3.63) is 47.2 Å². The third-order valence-electron chi connectivity index (χ3n) is 2.86. The van der Waals surface area contributed by atoms with Crippen LogP contribution in [0.15, 0.2) is 22.6 Å². The van der Waals surface area contributed by atoms with Gasteiger partial charge >= 0.3 is 0 Å². The molecule has 108 valence electrons. The van der Waals surface area contributed by atoms with Crippen LogP contribution in [0.5, 0.6) is 0 Å². The van der Waals surface area contributed by atoms with E-state index in [2.05, 4.69) is 15.5 Å². The minimum absolute atomic E-state index is 0.173. The molecular weight excluding hydrogens is 264 g/mol. The second kappa shape index (κ2) is 7.09. The molecule has 0 aliphatic rings. The summed E-state index contributed by atoms with van der Waals surface area (Å²) in [5, 5.41) is 11.0. The maximum atomic E-state index is 13.5. The third kappa shape index (κ3) is 4.09. The Hall–Kier alpha value is -1.82. The van der Waals surface area contributed by atoms with Crippen molar-refractivity contribution in [2.24, 2.45) is 0 Å². The Morgan fingerprint density at radius 3 is 2.75 bits per heavy atom. The van der Waals surface area contributed by atoms with E-state index < -0.39 is 11.6 Å². The smallest absolute Gasteiger partial charge is 0.221 e. The zero-order valence-electron chi connectivity index (χ0n) is 11.3. The highest BCUT2D eigenvalue weighted by Crippen LogP contribution is 2.14. The zero-order valence-corrected chi connectivity index (χ0v) is 11.3. The van der Waals surface area contributed by atoms with Gasteiger partial charge in [0, 0.05) is 12.5 Å². The fourth-order valence-electron chi connectivity index (χ4n) is 1.83. The summed E-state index contributed by atoms with van der Waals surface area (Å²) in [6.45, 7) is 3.86. The average molecular weight is 281 g/mol. The van der Waals surface area contributed by atoms with E-state index in [1.165, 1.54) is 12.1 Å². The van der Waals surface area contributed by atoms with Gasteiger partial charge in [0.2, 0.25) is 11.8 Å². The lowest BCUT2D eigenvalue weighted by atomic mass is 10.1. The first-order valence-electron chi connectivity index (χ1n) is 6.65. The van der Waals surface area contributed by atoms with Gasteiger partial charge in [0.15, 0.2) is 0 Å². The van der Waals surface area contributed by atoms with Gasteiger partial charge in [-0.05, 0) is 31.1 Å². The molecule has 0 amide bonds. The van der Waals surface area contributed by atoms with Crippen molar-refractivity contribution in [2.45, 2.75) is 26.2 Å². The minimum Gasteiger partial charge on any atom is -0.425 e. The molecule has 2 rings (SSSR count). The second-order valence-electron chi connectivity index (χ2n) is 4.46. The number of halogens is 2. The van der Waals surface area contributed by atoms with Crippen LogP contribution in [0, 0.1) is 11.6 Å². The molecule has 4 nitrogen and oxygen atoms in total. The molecule has 0 aliphatic carbocycles. The lowest BCUT2D eigenvalue weighted by molar-refractivity contribution is 0.447. The van der Waals surface area contributed by atoms with Gasteiger partial charge < -0.3 is 9.73 Å². The van der Waals surface area contributed by atoms with Crippen molar-refractivity contribution in [3.8, 4) is 0 Å². The Labute approximate surface area is 116 Å². The largest absolute Gasteiger partial charge is 0.425 e. The van der Waals surface area contributed by atoms with Gasteiger partial charge in [-0.1, -0.05) is 13.0 Å². The van der Waals surface area contributed by atoms with Crippen molar-refractivity contribution in [3.63, 3.8) is 0 Å². The molecule has 20 heavy (non-hydrogen) atoms. The average Bonchev–Trinajstić information content (AvgIpc) is 2.86. The van der Waals surface area contributed by atoms with Crippen molar-refractivity contribution in [2.75, 3.05) is 13.1 Å². The summed E-state index contributed by atoms with van der Waals surface area (Å²) < 4.78 is 31.7. The van der Waals surface area contributed by atoms with Crippen LogP contribution in [0.1, 0.15) is 30.7 Å². The molecular formula is C14H17F2N3O. The van der Waals surface area contributed by atoms with Crippen molar-refractivity contribution in [1.29, 1.82) is 0 Å². The van der Waals surface area contributed by atoms with E-state index >= 15 is 0 Å². The highest BCUT2D eigenvalue weighted by Gasteiger charge is 2.10. The Kier molecular flexibility index (Phi) is 5.17. The summed E-state index contributed by atoms with van der Waals surface area (Å²) >= 11 is 0. The third-order valence-corrected chi connectivity index (χ3v) is 2.86. The summed E-state index contributed by atoms with van der Waals surface area (Å²) in [5.74, 6) is -0.313. The second-order valence-corrected chi connectivity index (χ2v) is 4.46. The molecule has 0 bridgehead atoms. The number of benzene rings is 1. The first kappa shape index (κ1) is 14.6. The maximum absolute atomic E-state index is 13.5. The molecule has 0 unspecified atom stereocenters. The normalized spacial score (nSPS) is 10.9. The fraction of sp³-hybridized carbons (Fsp3) is 0.429. The summed E-state index contributed by atoms with van der Waals surface area (Å²) in [5.41, 5.74) is 0.342. The Bertz CT molecular complexity index is 557. The Balaban J connectivity index is 1.92. The van der Waals surface area contributed by atoms with Gasteiger partial charge in [-0.3, -0.25) is 0 Å². The van der Waals surface area contributed by atoms with Gasteiger partial charge in [-0.25, -0.2) is 8.78 Å². The van der Waals surface area contributed by atoms with Crippen LogP contribution in [-0.4, -0.2) is 23.3 Å². The highest BCUT2D eigenvalue weighted by atomic mass is 19.1. The van der Waals surface area contributed by atoms with Gasteiger partial charge in [0.05, 0.1) is 6.42 Å². The van der Waals surface area contributed by atoms with Crippen molar-refractivity contribution in [1.82, 2.24) is 15.5 Å². The molecule has 0 atom stereocenters. The standard InChI is InChI=1S/C14H17F2N3O/c1-2-17-7-3-4-13-18-19-14(20-13)8-10-5-6-11(15)9-12(10)16/h5-6,9,17H,2-4,7-8H2,1H3. The number of aromatic nitrogens is 2. The predicted octanol–water partition coefficient (Wildman–Crippen LogP) is 2.48. The van der Waals surface area contributed by atoms with E-state index in [4.69, 9.17) is 4.42 Å². The van der Waals surface area contributed by atoms with Gasteiger partial charge in [0.1, 0.15) is 11.6 Å². The van der Waals surface area contributed by atoms with E-state index in [9.17, 15) is 8.78 Å². The van der Waals surface area contributed by atoms with Crippen LogP contribution < -0.4 is 5.32 Å². The number of nitrogens with one attached hydrogen (secondary N) is 1. The highest BCUT2D eigenvalue weighted by molar-refractivity contribution is 5.21. The van der Waals surface area contributed by atoms with E-state index in [0.717, 1.165) is 25.6 Å². The fourth-order valence-corrected chi connectivity index (χ4v) is 1.83. The van der Waals surface area contributed by atoms with Crippen LogP contribution in [0.25, 0.3) is 0 Å². The van der Waals surface area contributed by atoms with Crippen LogP contribution in [0.2, 0.25) is 0 Å². The monoisotopic (exact) mass is 281 g/mol. The van der Waals surface area contributed by atoms with Crippen LogP contribution in [0.3, 0.4) is 0 Å². The molecule has 6 heteroatoms. The van der Waals surface area contributed by atoms with E-state index in [1.54, 1.807) is 0 Å². The molecule has 1 aromatic heterocycles. The van der Waals surface area contributed by atoms with Crippen molar-refractivity contribution < 1.29 is 13.2 Å². The molecule has 0 fully saturated rings. The maximum Gasteiger partial charge on any atom is 0.221 e. The molecule has 1 heterocycles. The molecule has 0 saturated carbocycles. The van der Waals surface area contributed by atoms with Crippen LogP contribution >= 0.6 is 0 Å². The molecule has 1 aromatic carbocycles. The number of hydrogen-bond acceptors (Lipinski definition) is 4. The molecule has 1 N–H and O–H groups in total. The molecule has 0 spiro atoms. The van der Waals surface area contributed by atoms with Gasteiger partial charge in [-0.15, -0.1) is 10.2 Å². The zero-order chi connectivity index (χ0) is 14.4. The number of nitrogens with zero attached hydrogens (tertiary/aromatic N) is 2. The summed E-state index contributed by atoms with van der Waals surface area (Å²) in [6, 6.07) is 3.45. The van der Waals surface area contributed by atoms with Crippen molar-refractivity contribution >= 4 is 0 Å². The predicted molar refractivity (Wildman–Crippen MR) is 70.3 cm³/mol. The molecule has 0 radical (unpaired) electrons. The Morgan fingerprint density at radius 1 is 1.20 bits per heavy atom. The number of hydrogen-bond donors (Lipinski definition) is 1. The lowest BCUT2D eigenvalue weighted by Gasteiger charge is -1.99. The molecule has 0 saturated heterocycles. The minimum atomic E-state index is -0.600. The molecule has 0 aliphatic heterocycles. The Morgan fingerprint density at radius 2 is 2.00 bits per heavy atom. The topological polar surface area (TPSA) is 51.0 Å². The van der Waals surface area contributed by atoms with Gasteiger partial charge in [-0.2, -0.15) is 0 Å². The first-order valence-corrected chi connectivity index (χ1v) is 6.65. The van der Waals surface area contributed by atoms with Crippen LogP contribution in [0.4, 0.5) is 8.78 Å². The van der Waals surface area contributed by atoms with E-state index in [-0.39, 0.29) is 6.42 Å². The summed E-state index contributed by atoms with van der Waals surface area (Å²) in [7, 11) is 0.